The van der Waals surface area contributed by atoms with Crippen molar-refractivity contribution in [1.29, 1.82) is 0 Å². The van der Waals surface area contributed by atoms with E-state index in [0.29, 0.717) is 13.1 Å². The number of aromatic amines is 1. The Morgan fingerprint density at radius 2 is 2.15 bits per heavy atom. The van der Waals surface area contributed by atoms with E-state index in [2.05, 4.69) is 37.2 Å². The smallest absolute Gasteiger partial charge is 0.475 e. The lowest BCUT2D eigenvalue weighted by atomic mass is 10.1. The third-order valence-corrected chi connectivity index (χ3v) is 3.86. The number of carboxylic acid groups (broad SMARTS) is 1. The average Bonchev–Trinajstić information content (AvgIpc) is 3.17. The molecule has 7 nitrogen and oxygen atoms in total. The number of hydrogen-bond acceptors (Lipinski definition) is 6. The predicted molar refractivity (Wildman–Crippen MR) is 91.9 cm³/mol. The molecule has 26 heavy (non-hydrogen) atoms. The molecule has 0 bridgehead atoms. The summed E-state index contributed by atoms with van der Waals surface area (Å²) in [7, 11) is 3.84. The number of carboxylic acids is 1. The van der Waals surface area contributed by atoms with Gasteiger partial charge in [0.15, 0.2) is 0 Å². The van der Waals surface area contributed by atoms with Crippen molar-refractivity contribution in [3.8, 4) is 11.3 Å². The van der Waals surface area contributed by atoms with Gasteiger partial charge in [-0.15, -0.1) is 0 Å². The molecule has 0 aliphatic rings. The summed E-state index contributed by atoms with van der Waals surface area (Å²) < 4.78 is 31.7. The first-order chi connectivity index (χ1) is 12.1. The Hall–Kier alpha value is -1.95. The van der Waals surface area contributed by atoms with Gasteiger partial charge < -0.3 is 15.5 Å². The summed E-state index contributed by atoms with van der Waals surface area (Å²) in [6.45, 7) is 2.00. The SMILES string of the molecule is CNCC(O)CN(C)Cc1cn[nH]c1-c1ccsc1.O=C(O)C(F)(F)F. The lowest BCUT2D eigenvalue weighted by molar-refractivity contribution is -0.192. The molecule has 2 aromatic rings. The first-order valence-corrected chi connectivity index (χ1v) is 8.45. The normalized spacial score (nSPS) is 12.6. The summed E-state index contributed by atoms with van der Waals surface area (Å²) >= 11 is 1.67. The highest BCUT2D eigenvalue weighted by molar-refractivity contribution is 7.08. The molecular formula is C15H21F3N4O3S. The first-order valence-electron chi connectivity index (χ1n) is 7.51. The zero-order chi connectivity index (χ0) is 19.7. The first kappa shape index (κ1) is 22.1. The van der Waals surface area contributed by atoms with Gasteiger partial charge in [-0.05, 0) is 25.5 Å². The molecule has 2 rings (SSSR count). The molecule has 0 aliphatic heterocycles. The average molecular weight is 394 g/mol. The standard InChI is InChI=1S/C13H20N4OS.C2HF3O2/c1-14-6-12(18)8-17(2)7-11-5-15-16-13(11)10-3-4-19-9-10;3-2(4,5)1(6)7/h3-5,9,12,14,18H,6-8H2,1-2H3,(H,15,16);(H,6,7). The number of rotatable bonds is 7. The van der Waals surface area contributed by atoms with Gasteiger partial charge in [0.05, 0.1) is 18.0 Å². The summed E-state index contributed by atoms with van der Waals surface area (Å²) in [5.41, 5.74) is 3.38. The Kier molecular flexibility index (Phi) is 8.72. The third-order valence-electron chi connectivity index (χ3n) is 3.17. The number of aliphatic carboxylic acids is 1. The summed E-state index contributed by atoms with van der Waals surface area (Å²) in [4.78, 5) is 11.0. The Morgan fingerprint density at radius 3 is 2.65 bits per heavy atom. The minimum Gasteiger partial charge on any atom is -0.475 e. The van der Waals surface area contributed by atoms with Crippen LogP contribution in [0.5, 0.6) is 0 Å². The molecule has 4 N–H and O–H groups in total. The maximum atomic E-state index is 10.6. The monoisotopic (exact) mass is 394 g/mol. The maximum absolute atomic E-state index is 10.6. The van der Waals surface area contributed by atoms with Crippen LogP contribution in [0.3, 0.4) is 0 Å². The van der Waals surface area contributed by atoms with E-state index < -0.39 is 12.1 Å². The van der Waals surface area contributed by atoms with Gasteiger partial charge >= 0.3 is 12.1 Å². The van der Waals surface area contributed by atoms with Crippen LogP contribution in [-0.2, 0) is 11.3 Å². The number of hydrogen-bond donors (Lipinski definition) is 4. The van der Waals surface area contributed by atoms with Crippen LogP contribution in [0.2, 0.25) is 0 Å². The van der Waals surface area contributed by atoms with Crippen molar-refractivity contribution >= 4 is 17.3 Å². The van der Waals surface area contributed by atoms with Crippen molar-refractivity contribution in [2.45, 2.75) is 18.8 Å². The Balaban J connectivity index is 0.000000412. The van der Waals surface area contributed by atoms with Crippen LogP contribution in [0.4, 0.5) is 13.2 Å². The molecule has 0 aromatic carbocycles. The van der Waals surface area contributed by atoms with Gasteiger partial charge in [-0.25, -0.2) is 4.79 Å². The molecular weight excluding hydrogens is 373 g/mol. The number of aromatic nitrogens is 2. The fourth-order valence-corrected chi connectivity index (χ4v) is 2.75. The number of halogens is 3. The van der Waals surface area contributed by atoms with E-state index in [1.54, 1.807) is 11.3 Å². The molecule has 1 unspecified atom stereocenters. The van der Waals surface area contributed by atoms with Gasteiger partial charge in [0, 0.05) is 36.1 Å². The minimum atomic E-state index is -5.08. The summed E-state index contributed by atoms with van der Waals surface area (Å²) in [5, 5.41) is 31.2. The van der Waals surface area contributed by atoms with E-state index in [-0.39, 0.29) is 6.10 Å². The van der Waals surface area contributed by atoms with Crippen molar-refractivity contribution in [1.82, 2.24) is 20.4 Å². The fraction of sp³-hybridized carbons (Fsp3) is 0.467. The Labute approximate surface area is 152 Å². The van der Waals surface area contributed by atoms with Gasteiger partial charge in [0.2, 0.25) is 0 Å². The zero-order valence-electron chi connectivity index (χ0n) is 14.2. The van der Waals surface area contributed by atoms with Crippen LogP contribution in [0.1, 0.15) is 5.56 Å². The van der Waals surface area contributed by atoms with Crippen molar-refractivity contribution in [3.05, 3.63) is 28.6 Å². The number of aliphatic hydroxyl groups is 1. The van der Waals surface area contributed by atoms with Gasteiger partial charge in [0.1, 0.15) is 0 Å². The number of nitrogens with zero attached hydrogens (tertiary/aromatic N) is 2. The van der Waals surface area contributed by atoms with Crippen LogP contribution in [0, 0.1) is 0 Å². The predicted octanol–water partition coefficient (Wildman–Crippen LogP) is 1.78. The van der Waals surface area contributed by atoms with Crippen LogP contribution < -0.4 is 5.32 Å². The van der Waals surface area contributed by atoms with Crippen LogP contribution in [0.25, 0.3) is 11.3 Å². The number of H-pyrrole nitrogens is 1. The highest BCUT2D eigenvalue weighted by Crippen LogP contribution is 2.24. The van der Waals surface area contributed by atoms with Gasteiger partial charge in [-0.3, -0.25) is 10.00 Å². The molecule has 2 heterocycles. The number of aliphatic hydroxyl groups excluding tert-OH is 1. The number of alkyl halides is 3. The maximum Gasteiger partial charge on any atom is 0.490 e. The van der Waals surface area contributed by atoms with Gasteiger partial charge in [-0.1, -0.05) is 0 Å². The lowest BCUT2D eigenvalue weighted by Gasteiger charge is -2.20. The van der Waals surface area contributed by atoms with E-state index in [1.807, 2.05) is 20.3 Å². The molecule has 0 fully saturated rings. The summed E-state index contributed by atoms with van der Waals surface area (Å²) in [6, 6.07) is 2.08. The minimum absolute atomic E-state index is 0.355. The van der Waals surface area contributed by atoms with Crippen molar-refractivity contribution in [3.63, 3.8) is 0 Å². The fourth-order valence-electron chi connectivity index (χ4n) is 2.10. The van der Waals surface area contributed by atoms with E-state index in [9.17, 15) is 18.3 Å². The molecule has 0 aliphatic carbocycles. The second kappa shape index (κ2) is 10.3. The Morgan fingerprint density at radius 1 is 1.50 bits per heavy atom. The van der Waals surface area contributed by atoms with E-state index in [1.165, 1.54) is 5.56 Å². The number of thiophene rings is 1. The molecule has 0 amide bonds. The molecule has 1 atom stereocenters. The quantitative estimate of drug-likeness (QED) is 0.571. The largest absolute Gasteiger partial charge is 0.490 e. The number of carbonyl (C=O) groups is 1. The van der Waals surface area contributed by atoms with Crippen LogP contribution in [-0.4, -0.2) is 70.7 Å². The molecule has 0 saturated carbocycles. The van der Waals surface area contributed by atoms with Crippen molar-refractivity contribution < 1.29 is 28.2 Å². The zero-order valence-corrected chi connectivity index (χ0v) is 15.1. The second-order valence-corrected chi connectivity index (χ2v) is 6.27. The van der Waals surface area contributed by atoms with E-state index >= 15 is 0 Å². The van der Waals surface area contributed by atoms with Crippen LogP contribution in [0.15, 0.2) is 23.0 Å². The molecule has 146 valence electrons. The van der Waals surface area contributed by atoms with Crippen LogP contribution >= 0.6 is 11.3 Å². The van der Waals surface area contributed by atoms with Gasteiger partial charge in [-0.2, -0.15) is 29.6 Å². The highest BCUT2D eigenvalue weighted by atomic mass is 32.1. The Bertz CT molecular complexity index is 661. The van der Waals surface area contributed by atoms with E-state index in [4.69, 9.17) is 9.90 Å². The molecule has 2 aromatic heterocycles. The lowest BCUT2D eigenvalue weighted by Crippen LogP contribution is -2.35. The molecule has 0 spiro atoms. The van der Waals surface area contributed by atoms with Crippen molar-refractivity contribution in [2.24, 2.45) is 0 Å². The molecule has 0 saturated heterocycles. The highest BCUT2D eigenvalue weighted by Gasteiger charge is 2.38. The van der Waals surface area contributed by atoms with E-state index in [0.717, 1.165) is 17.8 Å². The van der Waals surface area contributed by atoms with Crippen molar-refractivity contribution in [2.75, 3.05) is 27.2 Å². The number of nitrogens with one attached hydrogen (secondary N) is 2. The number of likely N-dealkylation sites (N-methyl/N-ethyl adjacent to an activating group) is 2. The topological polar surface area (TPSA) is 101 Å². The third kappa shape index (κ3) is 7.52. The molecule has 11 heteroatoms. The summed E-state index contributed by atoms with van der Waals surface area (Å²) in [5.74, 6) is -2.76. The second-order valence-electron chi connectivity index (χ2n) is 5.49. The van der Waals surface area contributed by atoms with Gasteiger partial charge in [0.25, 0.3) is 0 Å². The summed E-state index contributed by atoms with van der Waals surface area (Å²) in [6.07, 6.45) is -3.58. The molecule has 0 radical (unpaired) electrons.